The van der Waals surface area contributed by atoms with E-state index in [1.807, 2.05) is 25.7 Å². The van der Waals surface area contributed by atoms with Crippen molar-refractivity contribution in [1.29, 1.82) is 0 Å². The lowest BCUT2D eigenvalue weighted by Crippen LogP contribution is -2.49. The second-order valence-electron chi connectivity index (χ2n) is 6.18. The van der Waals surface area contributed by atoms with Crippen LogP contribution in [0.15, 0.2) is 0 Å². The summed E-state index contributed by atoms with van der Waals surface area (Å²) >= 11 is 0. The molecule has 2 N–H and O–H groups in total. The quantitative estimate of drug-likeness (QED) is 0.707. The fourth-order valence-electron chi connectivity index (χ4n) is 2.73. The van der Waals surface area contributed by atoms with Crippen molar-refractivity contribution < 1.29 is 15.0 Å². The van der Waals surface area contributed by atoms with Crippen molar-refractivity contribution in [3.8, 4) is 11.5 Å². The summed E-state index contributed by atoms with van der Waals surface area (Å²) in [6.07, 6.45) is 0.707. The average Bonchev–Trinajstić information content (AvgIpc) is 2.31. The zero-order valence-electron chi connectivity index (χ0n) is 12.2. The number of phenolic OH excluding ortho intramolecular Hbond substituents is 2. The molecule has 0 fully saturated rings. The number of amides is 1. The predicted octanol–water partition coefficient (Wildman–Crippen LogP) is 2.51. The van der Waals surface area contributed by atoms with Gasteiger partial charge in [0.2, 0.25) is 0 Å². The lowest BCUT2D eigenvalue weighted by atomic mass is 9.87. The minimum Gasteiger partial charge on any atom is -0.504 e. The van der Waals surface area contributed by atoms with Crippen LogP contribution in [0.3, 0.4) is 0 Å². The lowest BCUT2D eigenvalue weighted by Gasteiger charge is -2.40. The number of fused-ring (bicyclic) bond motifs is 1. The molecule has 2 rings (SSSR count). The van der Waals surface area contributed by atoms with Crippen LogP contribution >= 0.6 is 0 Å². The first-order valence-corrected chi connectivity index (χ1v) is 6.52. The molecular weight excluding hydrogens is 242 g/mol. The molecule has 0 saturated carbocycles. The first-order chi connectivity index (χ1) is 8.66. The number of nitrogens with zero attached hydrogens (tertiary/aromatic N) is 1. The van der Waals surface area contributed by atoms with Crippen molar-refractivity contribution >= 4 is 5.91 Å². The zero-order valence-corrected chi connectivity index (χ0v) is 12.2. The monoisotopic (exact) mass is 263 g/mol. The molecule has 1 aromatic rings. The van der Waals surface area contributed by atoms with Gasteiger partial charge in [-0.2, -0.15) is 0 Å². The predicted molar refractivity (Wildman–Crippen MR) is 73.7 cm³/mol. The van der Waals surface area contributed by atoms with Crippen LogP contribution in [0.1, 0.15) is 47.8 Å². The fourth-order valence-corrected chi connectivity index (χ4v) is 2.73. The molecule has 1 aliphatic heterocycles. The first-order valence-electron chi connectivity index (χ1n) is 6.52. The molecule has 4 heteroatoms. The standard InChI is InChI=1S/C15H21NO3/c1-8-10-6-7-16(15(3,4)5)14(19)11(10)9(2)13(18)12(8)17/h17-18H,6-7H2,1-5H3. The van der Waals surface area contributed by atoms with Crippen LogP contribution in [0.4, 0.5) is 0 Å². The van der Waals surface area contributed by atoms with Gasteiger partial charge < -0.3 is 15.1 Å². The minimum absolute atomic E-state index is 0.0651. The molecule has 4 nitrogen and oxygen atoms in total. The van der Waals surface area contributed by atoms with E-state index in [0.29, 0.717) is 29.7 Å². The van der Waals surface area contributed by atoms with E-state index in [1.165, 1.54) is 0 Å². The fraction of sp³-hybridized carbons (Fsp3) is 0.533. The summed E-state index contributed by atoms with van der Waals surface area (Å²) in [5, 5.41) is 19.8. The molecule has 104 valence electrons. The van der Waals surface area contributed by atoms with Crippen molar-refractivity contribution in [2.24, 2.45) is 0 Å². The van der Waals surface area contributed by atoms with Crippen molar-refractivity contribution in [1.82, 2.24) is 4.90 Å². The third-order valence-corrected chi connectivity index (χ3v) is 3.92. The van der Waals surface area contributed by atoms with Crippen LogP contribution in [0.2, 0.25) is 0 Å². The van der Waals surface area contributed by atoms with E-state index in [9.17, 15) is 15.0 Å². The summed E-state index contributed by atoms with van der Waals surface area (Å²) in [4.78, 5) is 14.5. The summed E-state index contributed by atoms with van der Waals surface area (Å²) in [7, 11) is 0. The molecule has 1 amide bonds. The van der Waals surface area contributed by atoms with E-state index < -0.39 is 0 Å². The SMILES string of the molecule is Cc1c(O)c(O)c(C)c2c1CCN(C(C)(C)C)C2=O. The largest absolute Gasteiger partial charge is 0.504 e. The van der Waals surface area contributed by atoms with Crippen molar-refractivity contribution in [2.75, 3.05) is 6.54 Å². The Hall–Kier alpha value is -1.71. The van der Waals surface area contributed by atoms with E-state index >= 15 is 0 Å². The maximum Gasteiger partial charge on any atom is 0.254 e. The number of aromatic hydroxyl groups is 2. The van der Waals surface area contributed by atoms with Crippen LogP contribution in [0.25, 0.3) is 0 Å². The smallest absolute Gasteiger partial charge is 0.254 e. The minimum atomic E-state index is -0.247. The Morgan fingerprint density at radius 1 is 1.05 bits per heavy atom. The van der Waals surface area contributed by atoms with Crippen LogP contribution in [-0.4, -0.2) is 33.1 Å². The highest BCUT2D eigenvalue weighted by atomic mass is 16.3. The molecule has 0 spiro atoms. The Bertz CT molecular complexity index is 556. The number of carbonyl (C=O) groups is 1. The van der Waals surface area contributed by atoms with Gasteiger partial charge in [-0.25, -0.2) is 0 Å². The molecule has 1 aliphatic rings. The van der Waals surface area contributed by atoms with Crippen molar-refractivity contribution in [2.45, 2.75) is 46.6 Å². The zero-order chi connectivity index (χ0) is 14.5. The summed E-state index contributed by atoms with van der Waals surface area (Å²) in [5.41, 5.74) is 2.24. The van der Waals surface area contributed by atoms with Gasteiger partial charge in [-0.15, -0.1) is 0 Å². The highest BCUT2D eigenvalue weighted by Crippen LogP contribution is 2.40. The molecule has 19 heavy (non-hydrogen) atoms. The lowest BCUT2D eigenvalue weighted by molar-refractivity contribution is 0.0560. The summed E-state index contributed by atoms with van der Waals surface area (Å²) in [6, 6.07) is 0. The molecule has 0 saturated heterocycles. The number of phenols is 2. The molecule has 0 aliphatic carbocycles. The highest BCUT2D eigenvalue weighted by Gasteiger charge is 2.35. The van der Waals surface area contributed by atoms with Gasteiger partial charge in [-0.1, -0.05) is 0 Å². The number of rotatable bonds is 0. The van der Waals surface area contributed by atoms with Crippen LogP contribution in [0, 0.1) is 13.8 Å². The van der Waals surface area contributed by atoms with Gasteiger partial charge in [0.25, 0.3) is 5.91 Å². The van der Waals surface area contributed by atoms with Crippen molar-refractivity contribution in [3.63, 3.8) is 0 Å². The Morgan fingerprint density at radius 2 is 1.58 bits per heavy atom. The second-order valence-corrected chi connectivity index (χ2v) is 6.18. The number of carbonyl (C=O) groups excluding carboxylic acids is 1. The topological polar surface area (TPSA) is 60.8 Å². The van der Waals surface area contributed by atoms with E-state index in [1.54, 1.807) is 13.8 Å². The van der Waals surface area contributed by atoms with Gasteiger partial charge in [0.1, 0.15) is 0 Å². The molecule has 0 unspecified atom stereocenters. The van der Waals surface area contributed by atoms with Crippen molar-refractivity contribution in [3.05, 3.63) is 22.3 Å². The van der Waals surface area contributed by atoms with Crippen LogP contribution in [0.5, 0.6) is 11.5 Å². The Kier molecular flexibility index (Phi) is 3.00. The number of benzene rings is 1. The molecule has 0 radical (unpaired) electrons. The highest BCUT2D eigenvalue weighted by molar-refractivity contribution is 6.00. The summed E-state index contributed by atoms with van der Waals surface area (Å²) in [5.74, 6) is -0.349. The van der Waals surface area contributed by atoms with Crippen LogP contribution < -0.4 is 0 Å². The number of hydrogen-bond donors (Lipinski definition) is 2. The van der Waals surface area contributed by atoms with Gasteiger partial charge in [-0.05, 0) is 52.2 Å². The third kappa shape index (κ3) is 1.95. The maximum absolute atomic E-state index is 12.6. The molecule has 0 atom stereocenters. The summed E-state index contributed by atoms with van der Waals surface area (Å²) < 4.78 is 0. The van der Waals surface area contributed by atoms with Crippen LogP contribution in [-0.2, 0) is 6.42 Å². The van der Waals surface area contributed by atoms with E-state index in [4.69, 9.17) is 0 Å². The van der Waals surface area contributed by atoms with Gasteiger partial charge >= 0.3 is 0 Å². The molecule has 1 aromatic carbocycles. The Morgan fingerprint density at radius 3 is 2.11 bits per heavy atom. The Balaban J connectivity index is 2.65. The van der Waals surface area contributed by atoms with E-state index in [2.05, 4.69) is 0 Å². The molecule has 0 aromatic heterocycles. The molecule has 1 heterocycles. The van der Waals surface area contributed by atoms with E-state index in [-0.39, 0.29) is 22.9 Å². The van der Waals surface area contributed by atoms with E-state index in [0.717, 1.165) is 5.56 Å². The van der Waals surface area contributed by atoms with Gasteiger partial charge in [0.05, 0.1) is 0 Å². The molecular formula is C15H21NO3. The van der Waals surface area contributed by atoms with Gasteiger partial charge in [0.15, 0.2) is 11.5 Å². The molecule has 0 bridgehead atoms. The maximum atomic E-state index is 12.6. The average molecular weight is 263 g/mol. The summed E-state index contributed by atoms with van der Waals surface area (Å²) in [6.45, 7) is 10.1. The second kappa shape index (κ2) is 4.15. The third-order valence-electron chi connectivity index (χ3n) is 3.92. The Labute approximate surface area is 113 Å². The normalized spacial score (nSPS) is 15.6. The number of hydrogen-bond acceptors (Lipinski definition) is 3. The first kappa shape index (κ1) is 13.7. The van der Waals surface area contributed by atoms with Gasteiger partial charge in [0, 0.05) is 23.2 Å². The van der Waals surface area contributed by atoms with Gasteiger partial charge in [-0.3, -0.25) is 4.79 Å².